The lowest BCUT2D eigenvalue weighted by Crippen LogP contribution is -2.25. The van der Waals surface area contributed by atoms with Crippen molar-refractivity contribution in [2.24, 2.45) is 11.8 Å². The van der Waals surface area contributed by atoms with E-state index in [2.05, 4.69) is 0 Å². The van der Waals surface area contributed by atoms with Crippen LogP contribution in [0.3, 0.4) is 0 Å². The lowest BCUT2D eigenvalue weighted by atomic mass is 10.1. The van der Waals surface area contributed by atoms with E-state index in [0.717, 1.165) is 6.42 Å². The Morgan fingerprint density at radius 3 is 2.29 bits per heavy atom. The number of nitrogens with one attached hydrogen (secondary N) is 1. The molecule has 0 heterocycles. The summed E-state index contributed by atoms with van der Waals surface area (Å²) in [6, 6.07) is 0. The second kappa shape index (κ2) is 3.55. The number of hydrogen-bond acceptors (Lipinski definition) is 2. The van der Waals surface area contributed by atoms with Crippen LogP contribution in [0.2, 0.25) is 0 Å². The Bertz CT molecular complexity index is 293. The summed E-state index contributed by atoms with van der Waals surface area (Å²) in [7, 11) is 0. The van der Waals surface area contributed by atoms with Crippen molar-refractivity contribution in [2.75, 3.05) is 0 Å². The van der Waals surface area contributed by atoms with Crippen LogP contribution in [-0.4, -0.2) is 18.2 Å². The molecule has 0 aliphatic heterocycles. The minimum atomic E-state index is -4.87. The molecule has 0 aromatic heterocycles. The first-order valence-electron chi connectivity index (χ1n) is 4.20. The van der Waals surface area contributed by atoms with Crippen molar-refractivity contribution in [3.8, 4) is 0 Å². The molecule has 1 rings (SSSR count). The highest BCUT2D eigenvalue weighted by Gasteiger charge is 2.41. The average Bonchev–Trinajstić information content (AvgIpc) is 2.75. The average molecular weight is 205 g/mol. The van der Waals surface area contributed by atoms with Crippen LogP contribution >= 0.6 is 0 Å². The van der Waals surface area contributed by atoms with Crippen LogP contribution in [-0.2, 0) is 4.79 Å². The first-order chi connectivity index (χ1) is 6.36. The Morgan fingerprint density at radius 1 is 1.50 bits per heavy atom. The minimum Gasteiger partial charge on any atom is -0.308 e. The zero-order valence-electron chi connectivity index (χ0n) is 7.56. The Kier molecular flexibility index (Phi) is 2.78. The van der Waals surface area contributed by atoms with E-state index in [4.69, 9.17) is 5.41 Å². The highest BCUT2D eigenvalue weighted by molar-refractivity contribution is 6.15. The Balaban J connectivity index is 2.77. The molecule has 0 aromatic rings. The van der Waals surface area contributed by atoms with Crippen LogP contribution in [0.25, 0.3) is 0 Å². The minimum absolute atomic E-state index is 0.0258. The summed E-state index contributed by atoms with van der Waals surface area (Å²) < 4.78 is 35.9. The van der Waals surface area contributed by atoms with Gasteiger partial charge >= 0.3 is 6.18 Å². The molecular formula is C9H10F3NO. The largest absolute Gasteiger partial charge is 0.454 e. The van der Waals surface area contributed by atoms with E-state index in [9.17, 15) is 18.0 Å². The number of alkyl halides is 3. The molecule has 1 fully saturated rings. The standard InChI is InChI=1S/C9H10F3NO/c1-5-2-6(5)3-7(4-13)8(14)9(10,11)12/h3-6,13H,2H2,1H3. The number of ketones is 1. The van der Waals surface area contributed by atoms with Gasteiger partial charge in [-0.25, -0.2) is 0 Å². The molecule has 0 aromatic carbocycles. The molecule has 0 radical (unpaired) electrons. The molecule has 1 aliphatic rings. The van der Waals surface area contributed by atoms with Crippen molar-refractivity contribution in [1.29, 1.82) is 5.41 Å². The van der Waals surface area contributed by atoms with Crippen LogP contribution in [0.1, 0.15) is 13.3 Å². The number of carbonyl (C=O) groups is 1. The first-order valence-corrected chi connectivity index (χ1v) is 4.20. The fourth-order valence-electron chi connectivity index (χ4n) is 1.17. The summed E-state index contributed by atoms with van der Waals surface area (Å²) in [5, 5.41) is 6.74. The van der Waals surface area contributed by atoms with Gasteiger partial charge in [-0.05, 0) is 18.3 Å². The molecule has 5 heteroatoms. The lowest BCUT2D eigenvalue weighted by Gasteiger charge is -2.04. The third-order valence-corrected chi connectivity index (χ3v) is 2.24. The van der Waals surface area contributed by atoms with Gasteiger partial charge in [-0.1, -0.05) is 13.0 Å². The number of carbonyl (C=O) groups excluding carboxylic acids is 1. The predicted molar refractivity (Wildman–Crippen MR) is 45.2 cm³/mol. The van der Waals surface area contributed by atoms with Crippen LogP contribution in [0.5, 0.6) is 0 Å². The van der Waals surface area contributed by atoms with Gasteiger partial charge in [0.2, 0.25) is 0 Å². The highest BCUT2D eigenvalue weighted by atomic mass is 19.4. The zero-order chi connectivity index (χ0) is 10.9. The van der Waals surface area contributed by atoms with Crippen molar-refractivity contribution in [2.45, 2.75) is 19.5 Å². The highest BCUT2D eigenvalue weighted by Crippen LogP contribution is 2.39. The predicted octanol–water partition coefficient (Wildman–Crippen LogP) is 2.35. The topological polar surface area (TPSA) is 40.9 Å². The molecule has 78 valence electrons. The van der Waals surface area contributed by atoms with Gasteiger partial charge in [0.25, 0.3) is 5.78 Å². The van der Waals surface area contributed by atoms with E-state index in [1.54, 1.807) is 0 Å². The van der Waals surface area contributed by atoms with Crippen molar-refractivity contribution in [1.82, 2.24) is 0 Å². The van der Waals surface area contributed by atoms with Gasteiger partial charge in [-0.15, -0.1) is 0 Å². The fraction of sp³-hybridized carbons (Fsp3) is 0.556. The SMILES string of the molecule is CC1CC1C=C(C=N)C(=O)C(F)(F)F. The third kappa shape index (κ3) is 2.43. The molecule has 1 saturated carbocycles. The number of halogens is 3. The first kappa shape index (κ1) is 10.9. The molecular weight excluding hydrogens is 195 g/mol. The fourth-order valence-corrected chi connectivity index (χ4v) is 1.17. The molecule has 2 atom stereocenters. The maximum atomic E-state index is 12.0. The molecule has 0 saturated heterocycles. The maximum absolute atomic E-state index is 12.0. The number of allylic oxidation sites excluding steroid dienone is 2. The molecule has 1 aliphatic carbocycles. The van der Waals surface area contributed by atoms with Gasteiger partial charge in [-0.2, -0.15) is 13.2 Å². The zero-order valence-corrected chi connectivity index (χ0v) is 7.56. The van der Waals surface area contributed by atoms with E-state index in [-0.39, 0.29) is 5.92 Å². The second-order valence-electron chi connectivity index (χ2n) is 3.47. The summed E-state index contributed by atoms with van der Waals surface area (Å²) >= 11 is 0. The molecule has 2 nitrogen and oxygen atoms in total. The van der Waals surface area contributed by atoms with E-state index in [1.807, 2.05) is 6.92 Å². The summed E-state index contributed by atoms with van der Waals surface area (Å²) in [6.07, 6.45) is -2.36. The van der Waals surface area contributed by atoms with Gasteiger partial charge in [0.1, 0.15) is 0 Å². The Morgan fingerprint density at radius 2 is 2.00 bits per heavy atom. The summed E-state index contributed by atoms with van der Waals surface area (Å²) in [6.45, 7) is 1.89. The van der Waals surface area contributed by atoms with E-state index in [0.29, 0.717) is 12.1 Å². The summed E-state index contributed by atoms with van der Waals surface area (Å²) in [5.74, 6) is -1.57. The van der Waals surface area contributed by atoms with Crippen LogP contribution in [0, 0.1) is 17.2 Å². The molecule has 0 bridgehead atoms. The molecule has 14 heavy (non-hydrogen) atoms. The van der Waals surface area contributed by atoms with Gasteiger partial charge in [0.05, 0.1) is 0 Å². The van der Waals surface area contributed by atoms with Crippen molar-refractivity contribution in [3.05, 3.63) is 11.6 Å². The van der Waals surface area contributed by atoms with Crippen molar-refractivity contribution in [3.63, 3.8) is 0 Å². The third-order valence-electron chi connectivity index (χ3n) is 2.24. The molecule has 0 spiro atoms. The summed E-state index contributed by atoms with van der Waals surface area (Å²) in [4.78, 5) is 10.7. The van der Waals surface area contributed by atoms with E-state index < -0.39 is 17.5 Å². The smallest absolute Gasteiger partial charge is 0.308 e. The van der Waals surface area contributed by atoms with E-state index in [1.165, 1.54) is 6.08 Å². The van der Waals surface area contributed by atoms with Crippen LogP contribution < -0.4 is 0 Å². The van der Waals surface area contributed by atoms with Gasteiger partial charge in [-0.3, -0.25) is 4.79 Å². The number of rotatable bonds is 3. The quantitative estimate of drug-likeness (QED) is 0.557. The van der Waals surface area contributed by atoms with Gasteiger partial charge < -0.3 is 5.41 Å². The molecule has 0 amide bonds. The molecule has 1 N–H and O–H groups in total. The van der Waals surface area contributed by atoms with Crippen molar-refractivity contribution >= 4 is 12.0 Å². The number of Topliss-reactive ketones (excluding diaryl/α,β-unsaturated/α-hetero) is 1. The maximum Gasteiger partial charge on any atom is 0.454 e. The van der Waals surface area contributed by atoms with E-state index >= 15 is 0 Å². The van der Waals surface area contributed by atoms with Crippen LogP contribution in [0.4, 0.5) is 13.2 Å². The van der Waals surface area contributed by atoms with Gasteiger partial charge in [0, 0.05) is 11.8 Å². The number of hydrogen-bond donors (Lipinski definition) is 1. The second-order valence-corrected chi connectivity index (χ2v) is 3.47. The van der Waals surface area contributed by atoms with Crippen molar-refractivity contribution < 1.29 is 18.0 Å². The Labute approximate surface area is 79.3 Å². The molecule has 2 unspecified atom stereocenters. The monoisotopic (exact) mass is 205 g/mol. The normalized spacial score (nSPS) is 27.3. The van der Waals surface area contributed by atoms with Gasteiger partial charge in [0.15, 0.2) is 0 Å². The van der Waals surface area contributed by atoms with Crippen LogP contribution in [0.15, 0.2) is 11.6 Å². The lowest BCUT2D eigenvalue weighted by molar-refractivity contribution is -0.165. The summed E-state index contributed by atoms with van der Waals surface area (Å²) in [5.41, 5.74) is -0.549. The Hall–Kier alpha value is -1.13.